The van der Waals surface area contributed by atoms with Gasteiger partial charge in [0.25, 0.3) is 10.9 Å². The minimum Gasteiger partial charge on any atom is -0.488 e. The van der Waals surface area contributed by atoms with Crippen LogP contribution >= 0.6 is 0 Å². The molecule has 0 amide bonds. The van der Waals surface area contributed by atoms with Crippen molar-refractivity contribution in [2.45, 2.75) is 47.1 Å². The molecule has 2 aromatic rings. The van der Waals surface area contributed by atoms with E-state index < -0.39 is 10.9 Å². The van der Waals surface area contributed by atoms with Gasteiger partial charge in [-0.25, -0.2) is 0 Å². The van der Waals surface area contributed by atoms with E-state index in [1.807, 2.05) is 31.2 Å². The normalized spacial score (nSPS) is 10.0. The third-order valence-electron chi connectivity index (χ3n) is 3.25. The lowest BCUT2D eigenvalue weighted by Gasteiger charge is -2.13. The molecule has 0 aromatic heterocycles. The monoisotopic (exact) mass is 303 g/mol. The van der Waals surface area contributed by atoms with Gasteiger partial charge in [-0.3, -0.25) is 9.59 Å². The van der Waals surface area contributed by atoms with Gasteiger partial charge >= 0.3 is 0 Å². The van der Waals surface area contributed by atoms with Crippen LogP contribution in [-0.4, -0.2) is 6.61 Å². The van der Waals surface area contributed by atoms with Crippen molar-refractivity contribution in [1.82, 2.24) is 0 Å². The van der Waals surface area contributed by atoms with Crippen LogP contribution in [0.2, 0.25) is 0 Å². The molecule has 0 unspecified atom stereocenters. The maximum atomic E-state index is 11.4. The molecule has 1 N–H and O–H groups in total. The second-order valence-corrected chi connectivity index (χ2v) is 5.13. The standard InChI is InChI=1S/C14H15NO3.C4H10/c1-3-18-14-11(12(16)13(14)17)15-8-10-6-4-9(2)5-7-10;1-3-4-2/h4-7,15H,3,8H2,1-2H3;3-4H2,1-2H3. The second-order valence-electron chi connectivity index (χ2n) is 5.13. The minimum atomic E-state index is -0.539. The van der Waals surface area contributed by atoms with Crippen molar-refractivity contribution in [3.63, 3.8) is 0 Å². The molecule has 0 atom stereocenters. The van der Waals surface area contributed by atoms with E-state index in [0.717, 1.165) is 5.56 Å². The lowest BCUT2D eigenvalue weighted by Crippen LogP contribution is -2.35. The molecule has 0 fully saturated rings. The van der Waals surface area contributed by atoms with Crippen LogP contribution in [0.1, 0.15) is 44.7 Å². The van der Waals surface area contributed by atoms with Crippen molar-refractivity contribution < 1.29 is 4.74 Å². The van der Waals surface area contributed by atoms with Crippen LogP contribution in [0.5, 0.6) is 5.75 Å². The summed E-state index contributed by atoms with van der Waals surface area (Å²) in [6.45, 7) is 9.04. The molecule has 0 saturated carbocycles. The predicted octanol–water partition coefficient (Wildman–Crippen LogP) is 3.41. The number of unbranched alkanes of at least 4 members (excludes halogenated alkanes) is 1. The lowest BCUT2D eigenvalue weighted by atomic mass is 10.1. The molecule has 0 aliphatic carbocycles. The minimum absolute atomic E-state index is 0.162. The molecule has 2 aromatic carbocycles. The Morgan fingerprint density at radius 2 is 1.55 bits per heavy atom. The molecule has 0 spiro atoms. The Labute approximate surface area is 131 Å². The van der Waals surface area contributed by atoms with Gasteiger partial charge < -0.3 is 10.1 Å². The van der Waals surface area contributed by atoms with Gasteiger partial charge in [0.2, 0.25) is 0 Å². The van der Waals surface area contributed by atoms with Gasteiger partial charge in [0.1, 0.15) is 5.69 Å². The van der Waals surface area contributed by atoms with Gasteiger partial charge in [-0.15, -0.1) is 0 Å². The zero-order valence-electron chi connectivity index (χ0n) is 13.9. The summed E-state index contributed by atoms with van der Waals surface area (Å²) in [5.74, 6) is 0.162. The van der Waals surface area contributed by atoms with E-state index in [0.29, 0.717) is 18.8 Å². The average molecular weight is 303 g/mol. The van der Waals surface area contributed by atoms with Crippen molar-refractivity contribution in [2.24, 2.45) is 0 Å². The van der Waals surface area contributed by atoms with Gasteiger partial charge in [0.05, 0.1) is 6.61 Å². The molecule has 0 heterocycles. The average Bonchev–Trinajstić information content (AvgIpc) is 2.55. The Hall–Kier alpha value is -2.10. The maximum absolute atomic E-state index is 11.4. The third-order valence-corrected chi connectivity index (χ3v) is 3.25. The van der Waals surface area contributed by atoms with Gasteiger partial charge in [-0.2, -0.15) is 0 Å². The Morgan fingerprint density at radius 1 is 0.955 bits per heavy atom. The zero-order chi connectivity index (χ0) is 16.5. The quantitative estimate of drug-likeness (QED) is 0.831. The number of ether oxygens (including phenoxy) is 1. The third kappa shape index (κ3) is 4.72. The van der Waals surface area contributed by atoms with E-state index in [-0.39, 0.29) is 5.75 Å². The van der Waals surface area contributed by atoms with E-state index in [9.17, 15) is 9.59 Å². The Bertz CT molecular complexity index is 635. The molecule has 0 aliphatic rings. The Morgan fingerprint density at radius 3 is 2.05 bits per heavy atom. The van der Waals surface area contributed by atoms with Crippen LogP contribution in [0, 0.1) is 6.92 Å². The molecule has 4 nitrogen and oxygen atoms in total. The zero-order valence-corrected chi connectivity index (χ0v) is 13.9. The molecule has 22 heavy (non-hydrogen) atoms. The van der Waals surface area contributed by atoms with Gasteiger partial charge in [0, 0.05) is 6.54 Å². The fourth-order valence-electron chi connectivity index (χ4n) is 1.71. The van der Waals surface area contributed by atoms with Gasteiger partial charge in [-0.1, -0.05) is 56.5 Å². The van der Waals surface area contributed by atoms with Crippen LogP contribution in [0.4, 0.5) is 5.69 Å². The predicted molar refractivity (Wildman–Crippen MR) is 91.6 cm³/mol. The first kappa shape index (κ1) is 18.0. The summed E-state index contributed by atoms with van der Waals surface area (Å²) in [6.07, 6.45) is 2.64. The van der Waals surface area contributed by atoms with Crippen LogP contribution in [0.3, 0.4) is 0 Å². The summed E-state index contributed by atoms with van der Waals surface area (Å²) in [5, 5.41) is 2.95. The van der Waals surface area contributed by atoms with Crippen molar-refractivity contribution >= 4 is 5.69 Å². The van der Waals surface area contributed by atoms with E-state index >= 15 is 0 Å². The number of anilines is 1. The molecule has 0 bridgehead atoms. The first-order chi connectivity index (χ1) is 10.5. The van der Waals surface area contributed by atoms with E-state index in [1.165, 1.54) is 18.4 Å². The van der Waals surface area contributed by atoms with Crippen molar-refractivity contribution in [3.8, 4) is 5.75 Å². The molecule has 0 radical (unpaired) electrons. The summed E-state index contributed by atoms with van der Waals surface area (Å²) >= 11 is 0. The van der Waals surface area contributed by atoms with Crippen LogP contribution in [-0.2, 0) is 6.54 Å². The first-order valence-electron chi connectivity index (χ1n) is 7.80. The summed E-state index contributed by atoms with van der Waals surface area (Å²) in [6, 6.07) is 7.97. The lowest BCUT2D eigenvalue weighted by molar-refractivity contribution is 0.334. The van der Waals surface area contributed by atoms with Crippen LogP contribution in [0.25, 0.3) is 0 Å². The topological polar surface area (TPSA) is 55.4 Å². The Kier molecular flexibility index (Phi) is 7.37. The molecule has 120 valence electrons. The van der Waals surface area contributed by atoms with Crippen molar-refractivity contribution in [2.75, 3.05) is 11.9 Å². The number of rotatable bonds is 6. The number of nitrogens with one attached hydrogen (secondary N) is 1. The SMILES string of the molecule is CCCC.CCOc1c(NCc2ccc(C)cc2)c(=O)c1=O. The smallest absolute Gasteiger partial charge is 0.272 e. The highest BCUT2D eigenvalue weighted by Crippen LogP contribution is 2.18. The van der Waals surface area contributed by atoms with Crippen molar-refractivity contribution in [3.05, 3.63) is 55.8 Å². The number of aryl methyl sites for hydroxylation is 1. The highest BCUT2D eigenvalue weighted by molar-refractivity contribution is 5.61. The maximum Gasteiger partial charge on any atom is 0.272 e. The summed E-state index contributed by atoms with van der Waals surface area (Å²) in [7, 11) is 0. The fraction of sp³-hybridized carbons (Fsp3) is 0.444. The van der Waals surface area contributed by atoms with Crippen LogP contribution in [0.15, 0.2) is 33.9 Å². The number of hydrogen-bond acceptors (Lipinski definition) is 4. The van der Waals surface area contributed by atoms with E-state index in [2.05, 4.69) is 19.2 Å². The van der Waals surface area contributed by atoms with E-state index in [1.54, 1.807) is 6.92 Å². The van der Waals surface area contributed by atoms with Crippen molar-refractivity contribution in [1.29, 1.82) is 0 Å². The first-order valence-corrected chi connectivity index (χ1v) is 7.80. The highest BCUT2D eigenvalue weighted by atomic mass is 16.5. The van der Waals surface area contributed by atoms with Gasteiger partial charge in [0.15, 0.2) is 5.75 Å². The Balaban J connectivity index is 0.000000541. The van der Waals surface area contributed by atoms with Gasteiger partial charge in [-0.05, 0) is 19.4 Å². The van der Waals surface area contributed by atoms with E-state index in [4.69, 9.17) is 4.74 Å². The summed E-state index contributed by atoms with van der Waals surface area (Å²) in [5.41, 5.74) is 1.50. The molecule has 4 heteroatoms. The molecule has 0 aliphatic heterocycles. The summed E-state index contributed by atoms with van der Waals surface area (Å²) < 4.78 is 5.13. The number of hydrogen-bond donors (Lipinski definition) is 1. The molecule has 0 saturated heterocycles. The molecular formula is C18H25NO3. The molecule has 2 rings (SSSR count). The second kappa shape index (κ2) is 9.03. The highest BCUT2D eigenvalue weighted by Gasteiger charge is 2.21. The largest absolute Gasteiger partial charge is 0.488 e. The van der Waals surface area contributed by atoms with Crippen LogP contribution < -0.4 is 20.9 Å². The molecular weight excluding hydrogens is 278 g/mol. The summed E-state index contributed by atoms with van der Waals surface area (Å²) in [4.78, 5) is 22.6. The number of benzene rings is 1. The fourth-order valence-corrected chi connectivity index (χ4v) is 1.71.